The summed E-state index contributed by atoms with van der Waals surface area (Å²) in [6.45, 7) is 7.08. The summed E-state index contributed by atoms with van der Waals surface area (Å²) < 4.78 is 3.73. The fourth-order valence-corrected chi connectivity index (χ4v) is 3.66. The van der Waals surface area contributed by atoms with E-state index in [2.05, 4.69) is 29.2 Å². The molecule has 1 atom stereocenters. The number of carbonyl (C=O) groups is 1. The number of nitrogens with one attached hydrogen (secondary N) is 1. The highest BCUT2D eigenvalue weighted by Crippen LogP contribution is 2.27. The van der Waals surface area contributed by atoms with Crippen molar-refractivity contribution in [3.8, 4) is 0 Å². The van der Waals surface area contributed by atoms with Gasteiger partial charge in [0.2, 0.25) is 5.91 Å². The Morgan fingerprint density at radius 1 is 1.31 bits per heavy atom. The van der Waals surface area contributed by atoms with Gasteiger partial charge in [-0.1, -0.05) is 33.1 Å². The van der Waals surface area contributed by atoms with Crippen LogP contribution in [0.3, 0.4) is 0 Å². The summed E-state index contributed by atoms with van der Waals surface area (Å²) in [6.07, 6.45) is 9.57. The lowest BCUT2D eigenvalue weighted by Gasteiger charge is -2.25. The van der Waals surface area contributed by atoms with Crippen molar-refractivity contribution >= 4 is 5.91 Å². The van der Waals surface area contributed by atoms with E-state index in [0.717, 1.165) is 12.4 Å². The highest BCUT2D eigenvalue weighted by atomic mass is 16.1. The number of amides is 1. The number of rotatable bonds is 7. The minimum Gasteiger partial charge on any atom is -0.346 e. The Labute approximate surface area is 154 Å². The summed E-state index contributed by atoms with van der Waals surface area (Å²) in [5, 5.41) is 11.9. The average molecular weight is 359 g/mol. The Bertz CT molecular complexity index is 701. The highest BCUT2D eigenvalue weighted by molar-refractivity contribution is 5.73. The third-order valence-electron chi connectivity index (χ3n) is 4.97. The number of carbonyl (C=O) groups excluding carboxylic acids is 1. The van der Waals surface area contributed by atoms with Gasteiger partial charge in [-0.05, 0) is 24.7 Å². The van der Waals surface area contributed by atoms with Gasteiger partial charge in [-0.25, -0.2) is 19.3 Å². The lowest BCUT2D eigenvalue weighted by molar-refractivity contribution is -0.120. The summed E-state index contributed by atoms with van der Waals surface area (Å²) in [7, 11) is 0. The fourth-order valence-electron chi connectivity index (χ4n) is 3.66. The molecular formula is C18H29N7O. The van der Waals surface area contributed by atoms with Crippen molar-refractivity contribution in [3.05, 3.63) is 24.3 Å². The molecule has 0 unspecified atom stereocenters. The second-order valence-electron chi connectivity index (χ2n) is 7.59. The topological polar surface area (TPSA) is 90.5 Å². The first kappa shape index (κ1) is 18.5. The van der Waals surface area contributed by atoms with Crippen LogP contribution in [0.15, 0.2) is 12.7 Å². The van der Waals surface area contributed by atoms with Gasteiger partial charge in [0.1, 0.15) is 25.0 Å². The molecule has 2 aromatic rings. The SMILES string of the molecule is CC(=O)N[C@@H](c1nc(Cn2cncn2)nn1CC1CCCCC1)C(C)C. The Balaban J connectivity index is 1.87. The molecule has 8 nitrogen and oxygen atoms in total. The van der Waals surface area contributed by atoms with Crippen LogP contribution in [0, 0.1) is 11.8 Å². The summed E-state index contributed by atoms with van der Waals surface area (Å²) in [5.74, 6) is 2.36. The van der Waals surface area contributed by atoms with Gasteiger partial charge in [-0.3, -0.25) is 4.79 Å². The first-order valence-corrected chi connectivity index (χ1v) is 9.56. The van der Waals surface area contributed by atoms with E-state index < -0.39 is 0 Å². The molecule has 0 aromatic carbocycles. The molecule has 1 saturated carbocycles. The zero-order valence-corrected chi connectivity index (χ0v) is 15.9. The van der Waals surface area contributed by atoms with Gasteiger partial charge in [0.15, 0.2) is 5.82 Å². The van der Waals surface area contributed by atoms with E-state index in [0.29, 0.717) is 18.3 Å². The molecule has 2 aromatic heterocycles. The predicted octanol–water partition coefficient (Wildman–Crippen LogP) is 2.33. The Morgan fingerprint density at radius 2 is 2.08 bits per heavy atom. The average Bonchev–Trinajstić information content (AvgIpc) is 3.24. The minimum atomic E-state index is -0.145. The van der Waals surface area contributed by atoms with Gasteiger partial charge in [-0.2, -0.15) is 10.2 Å². The molecule has 1 amide bonds. The van der Waals surface area contributed by atoms with Crippen LogP contribution in [-0.4, -0.2) is 35.4 Å². The van der Waals surface area contributed by atoms with E-state index >= 15 is 0 Å². The Kier molecular flexibility index (Phi) is 6.00. The van der Waals surface area contributed by atoms with Gasteiger partial charge in [-0.15, -0.1) is 0 Å². The second kappa shape index (κ2) is 8.42. The minimum absolute atomic E-state index is 0.0475. The van der Waals surface area contributed by atoms with Crippen LogP contribution >= 0.6 is 0 Å². The summed E-state index contributed by atoms with van der Waals surface area (Å²) in [5.41, 5.74) is 0. The van der Waals surface area contributed by atoms with E-state index in [4.69, 9.17) is 10.1 Å². The van der Waals surface area contributed by atoms with Crippen LogP contribution in [-0.2, 0) is 17.9 Å². The maximum absolute atomic E-state index is 11.7. The first-order valence-electron chi connectivity index (χ1n) is 9.56. The molecule has 26 heavy (non-hydrogen) atoms. The summed E-state index contributed by atoms with van der Waals surface area (Å²) in [6, 6.07) is -0.145. The first-order chi connectivity index (χ1) is 12.5. The van der Waals surface area contributed by atoms with Gasteiger partial charge in [0.25, 0.3) is 0 Å². The van der Waals surface area contributed by atoms with Crippen molar-refractivity contribution in [2.24, 2.45) is 11.8 Å². The van der Waals surface area contributed by atoms with Gasteiger partial charge in [0.05, 0.1) is 6.04 Å². The maximum Gasteiger partial charge on any atom is 0.217 e. The lowest BCUT2D eigenvalue weighted by atomic mass is 9.89. The van der Waals surface area contributed by atoms with Crippen molar-refractivity contribution in [2.75, 3.05) is 0 Å². The molecule has 142 valence electrons. The largest absolute Gasteiger partial charge is 0.346 e. The zero-order valence-electron chi connectivity index (χ0n) is 15.9. The van der Waals surface area contributed by atoms with E-state index in [1.54, 1.807) is 17.9 Å². The van der Waals surface area contributed by atoms with Crippen molar-refractivity contribution in [3.63, 3.8) is 0 Å². The Morgan fingerprint density at radius 3 is 2.69 bits per heavy atom. The van der Waals surface area contributed by atoms with E-state index in [1.165, 1.54) is 38.4 Å². The van der Waals surface area contributed by atoms with Crippen molar-refractivity contribution in [1.82, 2.24) is 34.8 Å². The van der Waals surface area contributed by atoms with Crippen molar-refractivity contribution < 1.29 is 4.79 Å². The van der Waals surface area contributed by atoms with E-state index in [-0.39, 0.29) is 17.9 Å². The molecule has 1 aliphatic carbocycles. The molecule has 0 spiro atoms. The van der Waals surface area contributed by atoms with Crippen LogP contribution in [0.4, 0.5) is 0 Å². The van der Waals surface area contributed by atoms with Crippen molar-refractivity contribution in [1.29, 1.82) is 0 Å². The van der Waals surface area contributed by atoms with Gasteiger partial charge in [0, 0.05) is 13.5 Å². The molecule has 1 fully saturated rings. The summed E-state index contributed by atoms with van der Waals surface area (Å²) in [4.78, 5) is 20.5. The molecule has 0 radical (unpaired) electrons. The molecule has 2 heterocycles. The maximum atomic E-state index is 11.7. The lowest BCUT2D eigenvalue weighted by Crippen LogP contribution is -2.33. The molecule has 0 saturated heterocycles. The second-order valence-corrected chi connectivity index (χ2v) is 7.59. The highest BCUT2D eigenvalue weighted by Gasteiger charge is 2.26. The molecule has 1 N–H and O–H groups in total. The number of nitrogens with zero attached hydrogens (tertiary/aromatic N) is 6. The fraction of sp³-hybridized carbons (Fsp3) is 0.722. The quantitative estimate of drug-likeness (QED) is 0.819. The summed E-state index contributed by atoms with van der Waals surface area (Å²) >= 11 is 0. The van der Waals surface area contributed by atoms with Crippen molar-refractivity contribution in [2.45, 2.75) is 72.0 Å². The number of hydrogen-bond donors (Lipinski definition) is 1. The van der Waals surface area contributed by atoms with Crippen LogP contribution < -0.4 is 5.32 Å². The zero-order chi connectivity index (χ0) is 18.5. The predicted molar refractivity (Wildman–Crippen MR) is 97.1 cm³/mol. The van der Waals surface area contributed by atoms with E-state index in [1.807, 2.05) is 4.68 Å². The molecule has 8 heteroatoms. The monoisotopic (exact) mass is 359 g/mol. The number of aromatic nitrogens is 6. The molecule has 0 bridgehead atoms. The number of hydrogen-bond acceptors (Lipinski definition) is 5. The van der Waals surface area contributed by atoms with Crippen LogP contribution in [0.1, 0.15) is 70.6 Å². The van der Waals surface area contributed by atoms with E-state index in [9.17, 15) is 4.79 Å². The van der Waals surface area contributed by atoms with Crippen LogP contribution in [0.5, 0.6) is 0 Å². The molecule has 1 aliphatic rings. The van der Waals surface area contributed by atoms with Crippen LogP contribution in [0.2, 0.25) is 0 Å². The van der Waals surface area contributed by atoms with Crippen LogP contribution in [0.25, 0.3) is 0 Å². The standard InChI is InChI=1S/C18H29N7O/c1-13(2)17(21-14(3)26)18-22-16(10-24-12-19-11-20-24)23-25(18)9-15-7-5-4-6-8-15/h11-13,15,17H,4-10H2,1-3H3,(H,21,26)/t17-/m1/s1. The van der Waals surface area contributed by atoms with Gasteiger partial charge >= 0.3 is 0 Å². The smallest absolute Gasteiger partial charge is 0.217 e. The normalized spacial score (nSPS) is 16.8. The molecule has 0 aliphatic heterocycles. The molecule has 3 rings (SSSR count). The third-order valence-corrected chi connectivity index (χ3v) is 4.97. The molecular weight excluding hydrogens is 330 g/mol. The Hall–Kier alpha value is -2.25. The van der Waals surface area contributed by atoms with Gasteiger partial charge < -0.3 is 5.32 Å². The third kappa shape index (κ3) is 4.68.